The Balaban J connectivity index is 1.35. The third-order valence-corrected chi connectivity index (χ3v) is 7.07. The van der Waals surface area contributed by atoms with Crippen LogP contribution in [0.2, 0.25) is 0 Å². The van der Waals surface area contributed by atoms with Crippen LogP contribution in [0, 0.1) is 5.92 Å². The second-order valence-electron chi connectivity index (χ2n) is 8.99. The van der Waals surface area contributed by atoms with E-state index in [4.69, 9.17) is 9.47 Å². The highest BCUT2D eigenvalue weighted by Crippen LogP contribution is 2.49. The van der Waals surface area contributed by atoms with Crippen molar-refractivity contribution in [2.24, 2.45) is 5.92 Å². The van der Waals surface area contributed by atoms with Crippen molar-refractivity contribution in [2.45, 2.75) is 37.6 Å². The van der Waals surface area contributed by atoms with E-state index in [9.17, 15) is 4.79 Å². The van der Waals surface area contributed by atoms with Crippen molar-refractivity contribution in [3.05, 3.63) is 53.6 Å². The zero-order valence-electron chi connectivity index (χ0n) is 17.9. The van der Waals surface area contributed by atoms with Crippen molar-refractivity contribution in [1.82, 2.24) is 4.90 Å². The van der Waals surface area contributed by atoms with Crippen LogP contribution in [0.15, 0.2) is 42.5 Å². The molecule has 5 heteroatoms. The monoisotopic (exact) mass is 406 g/mol. The number of benzene rings is 2. The van der Waals surface area contributed by atoms with Gasteiger partial charge in [0, 0.05) is 30.1 Å². The highest BCUT2D eigenvalue weighted by Gasteiger charge is 2.48. The number of methoxy groups -OCH3 is 2. The first-order chi connectivity index (χ1) is 14.6. The number of carbonyl (C=O) groups excluding carboxylic acids is 1. The molecular weight excluding hydrogens is 376 g/mol. The number of anilines is 1. The number of rotatable bonds is 5. The van der Waals surface area contributed by atoms with Gasteiger partial charge in [-0.2, -0.15) is 0 Å². The van der Waals surface area contributed by atoms with Crippen LogP contribution < -0.4 is 14.4 Å². The first-order valence-corrected chi connectivity index (χ1v) is 11.0. The molecule has 2 aliphatic heterocycles. The van der Waals surface area contributed by atoms with Crippen LogP contribution in [0.3, 0.4) is 0 Å². The molecule has 1 spiro atoms. The lowest BCUT2D eigenvalue weighted by Crippen LogP contribution is -2.46. The number of likely N-dealkylation sites (tertiary alicyclic amines) is 1. The molecule has 3 aliphatic rings. The standard InChI is InChI=1S/C25H30N2O3/c1-29-20-5-3-4-18(14-20)16-26-12-10-25(11-13-26)17-27(24(28)19-6-7-19)23-9-8-21(30-2)15-22(23)25/h3-5,8-9,14-15,19H,6-7,10-13,16-17H2,1-2H3. The summed E-state index contributed by atoms with van der Waals surface area (Å²) in [6, 6.07) is 14.6. The lowest BCUT2D eigenvalue weighted by Gasteiger charge is -2.40. The summed E-state index contributed by atoms with van der Waals surface area (Å²) >= 11 is 0. The lowest BCUT2D eigenvalue weighted by molar-refractivity contribution is -0.119. The van der Waals surface area contributed by atoms with Crippen molar-refractivity contribution in [2.75, 3.05) is 38.8 Å². The summed E-state index contributed by atoms with van der Waals surface area (Å²) in [6.45, 7) is 3.80. The Kier molecular flexibility index (Phi) is 4.94. The Hall–Kier alpha value is -2.53. The summed E-state index contributed by atoms with van der Waals surface area (Å²) in [5.41, 5.74) is 3.73. The van der Waals surface area contributed by atoms with Crippen molar-refractivity contribution >= 4 is 11.6 Å². The molecule has 0 atom stereocenters. The molecule has 0 aromatic heterocycles. The smallest absolute Gasteiger partial charge is 0.230 e. The van der Waals surface area contributed by atoms with Gasteiger partial charge in [-0.25, -0.2) is 0 Å². The minimum absolute atomic E-state index is 0.0410. The fraction of sp³-hybridized carbons (Fsp3) is 0.480. The Morgan fingerprint density at radius 3 is 2.47 bits per heavy atom. The maximum absolute atomic E-state index is 13.0. The first kappa shape index (κ1) is 19.4. The van der Waals surface area contributed by atoms with Gasteiger partial charge in [-0.15, -0.1) is 0 Å². The number of carbonyl (C=O) groups is 1. The van der Waals surface area contributed by atoms with Crippen molar-refractivity contribution in [3.8, 4) is 11.5 Å². The minimum atomic E-state index is 0.0410. The van der Waals surface area contributed by atoms with Crippen molar-refractivity contribution < 1.29 is 14.3 Å². The van der Waals surface area contributed by atoms with Gasteiger partial charge in [0.1, 0.15) is 11.5 Å². The maximum atomic E-state index is 13.0. The van der Waals surface area contributed by atoms with Crippen LogP contribution in [0.25, 0.3) is 0 Å². The van der Waals surface area contributed by atoms with Crippen LogP contribution >= 0.6 is 0 Å². The minimum Gasteiger partial charge on any atom is -0.497 e. The third-order valence-electron chi connectivity index (χ3n) is 7.07. The van der Waals surface area contributed by atoms with Crippen LogP contribution in [-0.4, -0.2) is 44.7 Å². The normalized spacial score (nSPS) is 20.3. The van der Waals surface area contributed by atoms with Crippen LogP contribution in [0.1, 0.15) is 36.8 Å². The molecule has 158 valence electrons. The maximum Gasteiger partial charge on any atom is 0.230 e. The van der Waals surface area contributed by atoms with Crippen LogP contribution in [-0.2, 0) is 16.8 Å². The Morgan fingerprint density at radius 2 is 1.77 bits per heavy atom. The lowest BCUT2D eigenvalue weighted by atomic mass is 9.74. The summed E-state index contributed by atoms with van der Waals surface area (Å²) in [5.74, 6) is 2.35. The van der Waals surface area contributed by atoms with E-state index in [-0.39, 0.29) is 11.3 Å². The van der Waals surface area contributed by atoms with E-state index in [1.165, 1.54) is 11.1 Å². The molecule has 30 heavy (non-hydrogen) atoms. The van der Waals surface area contributed by atoms with Gasteiger partial charge in [0.25, 0.3) is 0 Å². The number of hydrogen-bond acceptors (Lipinski definition) is 4. The molecule has 0 unspecified atom stereocenters. The number of fused-ring (bicyclic) bond motifs is 2. The second kappa shape index (κ2) is 7.62. The largest absolute Gasteiger partial charge is 0.497 e. The molecule has 2 heterocycles. The van der Waals surface area contributed by atoms with Crippen molar-refractivity contribution in [1.29, 1.82) is 0 Å². The summed E-state index contributed by atoms with van der Waals surface area (Å²) in [5, 5.41) is 0. The van der Waals surface area contributed by atoms with Gasteiger partial charge in [0.2, 0.25) is 5.91 Å². The van der Waals surface area contributed by atoms with Gasteiger partial charge < -0.3 is 14.4 Å². The quantitative estimate of drug-likeness (QED) is 0.753. The number of hydrogen-bond donors (Lipinski definition) is 0. The number of piperidine rings is 1. The molecule has 1 aliphatic carbocycles. The zero-order valence-corrected chi connectivity index (χ0v) is 17.9. The molecule has 2 aromatic rings. The molecule has 1 saturated carbocycles. The number of ether oxygens (including phenoxy) is 2. The van der Waals surface area contributed by atoms with Gasteiger partial charge in [0.15, 0.2) is 0 Å². The van der Waals surface area contributed by atoms with Crippen LogP contribution in [0.5, 0.6) is 11.5 Å². The molecular formula is C25H30N2O3. The molecule has 0 bridgehead atoms. The molecule has 5 nitrogen and oxygen atoms in total. The molecule has 1 saturated heterocycles. The predicted octanol–water partition coefficient (Wildman–Crippen LogP) is 3.99. The van der Waals surface area contributed by atoms with E-state index >= 15 is 0 Å². The SMILES string of the molecule is COc1cccc(CN2CCC3(CC2)CN(C(=O)C2CC2)c2ccc(OC)cc23)c1. The van der Waals surface area contributed by atoms with Gasteiger partial charge in [-0.1, -0.05) is 12.1 Å². The highest BCUT2D eigenvalue weighted by atomic mass is 16.5. The topological polar surface area (TPSA) is 42.0 Å². The predicted molar refractivity (Wildman–Crippen MR) is 117 cm³/mol. The molecule has 1 amide bonds. The van der Waals surface area contributed by atoms with Gasteiger partial charge in [-0.3, -0.25) is 9.69 Å². The van der Waals surface area contributed by atoms with E-state index in [2.05, 4.69) is 40.1 Å². The molecule has 5 rings (SSSR count). The zero-order chi connectivity index (χ0) is 20.7. The average Bonchev–Trinajstić information content (AvgIpc) is 3.59. The summed E-state index contributed by atoms with van der Waals surface area (Å²) in [4.78, 5) is 17.6. The van der Waals surface area contributed by atoms with E-state index < -0.39 is 0 Å². The Bertz CT molecular complexity index is 945. The fourth-order valence-corrected chi connectivity index (χ4v) is 5.12. The fourth-order valence-electron chi connectivity index (χ4n) is 5.12. The molecule has 0 radical (unpaired) electrons. The van der Waals surface area contributed by atoms with E-state index in [0.29, 0.717) is 5.91 Å². The second-order valence-corrected chi connectivity index (χ2v) is 8.99. The first-order valence-electron chi connectivity index (χ1n) is 11.0. The van der Waals surface area contributed by atoms with E-state index in [1.54, 1.807) is 14.2 Å². The van der Waals surface area contributed by atoms with Gasteiger partial charge in [0.05, 0.1) is 14.2 Å². The average molecular weight is 407 g/mol. The molecule has 2 fully saturated rings. The Morgan fingerprint density at radius 1 is 1.03 bits per heavy atom. The third kappa shape index (κ3) is 3.45. The van der Waals surface area contributed by atoms with Gasteiger partial charge >= 0.3 is 0 Å². The molecule has 2 aromatic carbocycles. The van der Waals surface area contributed by atoms with E-state index in [0.717, 1.165) is 69.0 Å². The number of nitrogens with zero attached hydrogens (tertiary/aromatic N) is 2. The van der Waals surface area contributed by atoms with Gasteiger partial charge in [-0.05, 0) is 80.2 Å². The van der Waals surface area contributed by atoms with Crippen LogP contribution in [0.4, 0.5) is 5.69 Å². The summed E-state index contributed by atoms with van der Waals surface area (Å²) in [6.07, 6.45) is 4.21. The Labute approximate surface area is 178 Å². The summed E-state index contributed by atoms with van der Waals surface area (Å²) in [7, 11) is 3.43. The highest BCUT2D eigenvalue weighted by molar-refractivity contribution is 5.99. The summed E-state index contributed by atoms with van der Waals surface area (Å²) < 4.78 is 10.9. The number of amides is 1. The van der Waals surface area contributed by atoms with Crippen molar-refractivity contribution in [3.63, 3.8) is 0 Å². The molecule has 0 N–H and O–H groups in total. The van der Waals surface area contributed by atoms with E-state index in [1.807, 2.05) is 12.1 Å².